The topological polar surface area (TPSA) is 32.3 Å². The summed E-state index contributed by atoms with van der Waals surface area (Å²) in [4.78, 5) is 14.1. The van der Waals surface area contributed by atoms with Gasteiger partial charge in [0.25, 0.3) is 0 Å². The van der Waals surface area contributed by atoms with Crippen molar-refractivity contribution in [2.45, 2.75) is 57.9 Å². The van der Waals surface area contributed by atoms with Crippen LogP contribution in [0.1, 0.15) is 52.4 Å². The summed E-state index contributed by atoms with van der Waals surface area (Å²) in [5, 5.41) is 3.23. The van der Waals surface area contributed by atoms with Crippen LogP contribution in [0.3, 0.4) is 0 Å². The Morgan fingerprint density at radius 2 is 1.81 bits per heavy atom. The average Bonchev–Trinajstić information content (AvgIpc) is 2.65. The summed E-state index contributed by atoms with van der Waals surface area (Å²) in [6, 6.07) is 0.163. The van der Waals surface area contributed by atoms with Gasteiger partial charge in [-0.05, 0) is 38.5 Å². The maximum Gasteiger partial charge on any atom is 0.317 e. The lowest BCUT2D eigenvalue weighted by molar-refractivity contribution is 0.163. The molecule has 2 amide bonds. The van der Waals surface area contributed by atoms with Crippen molar-refractivity contribution in [2.75, 3.05) is 13.1 Å². The Morgan fingerprint density at radius 3 is 2.38 bits per heavy atom. The van der Waals surface area contributed by atoms with E-state index in [1.165, 1.54) is 12.8 Å². The van der Waals surface area contributed by atoms with Crippen molar-refractivity contribution in [3.63, 3.8) is 0 Å². The highest BCUT2D eigenvalue weighted by atomic mass is 16.2. The maximum atomic E-state index is 12.1. The molecule has 0 atom stereocenters. The molecule has 1 N–H and O–H groups in total. The van der Waals surface area contributed by atoms with Gasteiger partial charge in [0, 0.05) is 18.6 Å². The third-order valence-corrected chi connectivity index (χ3v) is 4.19. The number of nitrogens with one attached hydrogen (secondary N) is 1. The van der Waals surface area contributed by atoms with Gasteiger partial charge < -0.3 is 10.2 Å². The summed E-state index contributed by atoms with van der Waals surface area (Å²) in [6.07, 6.45) is 7.11. The lowest BCUT2D eigenvalue weighted by Crippen LogP contribution is -2.52. The molecule has 16 heavy (non-hydrogen) atoms. The molecule has 0 bridgehead atoms. The Morgan fingerprint density at radius 1 is 1.25 bits per heavy atom. The summed E-state index contributed by atoms with van der Waals surface area (Å²) < 4.78 is 0. The van der Waals surface area contributed by atoms with Crippen molar-refractivity contribution in [3.8, 4) is 0 Å². The Balaban J connectivity index is 1.83. The van der Waals surface area contributed by atoms with Crippen LogP contribution in [-0.4, -0.2) is 29.6 Å². The molecule has 0 aromatic heterocycles. The van der Waals surface area contributed by atoms with Crippen LogP contribution in [0.2, 0.25) is 0 Å². The Labute approximate surface area is 98.6 Å². The van der Waals surface area contributed by atoms with Crippen LogP contribution >= 0.6 is 0 Å². The van der Waals surface area contributed by atoms with Gasteiger partial charge in [-0.15, -0.1) is 0 Å². The quantitative estimate of drug-likeness (QED) is 0.730. The fourth-order valence-corrected chi connectivity index (χ4v) is 2.83. The first-order chi connectivity index (χ1) is 7.59. The molecule has 0 unspecified atom stereocenters. The average molecular weight is 224 g/mol. The standard InChI is InChI=1S/C13H24N2O/c1-11-5-9-15(10-6-11)12(16)14-13(2)7-3-4-8-13/h11H,3-10H2,1-2H3,(H,14,16). The lowest BCUT2D eigenvalue weighted by Gasteiger charge is -2.34. The van der Waals surface area contributed by atoms with E-state index in [2.05, 4.69) is 19.2 Å². The summed E-state index contributed by atoms with van der Waals surface area (Å²) in [7, 11) is 0. The van der Waals surface area contributed by atoms with Crippen LogP contribution in [0.4, 0.5) is 4.79 Å². The van der Waals surface area contributed by atoms with E-state index in [0.29, 0.717) is 0 Å². The number of likely N-dealkylation sites (tertiary alicyclic amines) is 1. The fourth-order valence-electron chi connectivity index (χ4n) is 2.83. The normalized spacial score (nSPS) is 25.8. The van der Waals surface area contributed by atoms with Gasteiger partial charge in [0.05, 0.1) is 0 Å². The highest BCUT2D eigenvalue weighted by Crippen LogP contribution is 2.29. The highest BCUT2D eigenvalue weighted by Gasteiger charge is 2.32. The molecule has 2 aliphatic rings. The second-order valence-corrected chi connectivity index (χ2v) is 5.87. The van der Waals surface area contributed by atoms with Crippen molar-refractivity contribution in [3.05, 3.63) is 0 Å². The Kier molecular flexibility index (Phi) is 3.41. The molecule has 1 heterocycles. The molecule has 0 aromatic rings. The van der Waals surface area contributed by atoms with E-state index in [4.69, 9.17) is 0 Å². The Hall–Kier alpha value is -0.730. The second-order valence-electron chi connectivity index (χ2n) is 5.87. The number of nitrogens with zero attached hydrogens (tertiary/aromatic N) is 1. The molecule has 2 rings (SSSR count). The second kappa shape index (κ2) is 4.64. The van der Waals surface area contributed by atoms with Gasteiger partial charge in [-0.2, -0.15) is 0 Å². The molecular weight excluding hydrogens is 200 g/mol. The molecule has 2 fully saturated rings. The minimum absolute atomic E-state index is 0.0696. The highest BCUT2D eigenvalue weighted by molar-refractivity contribution is 5.75. The molecule has 1 saturated carbocycles. The van der Waals surface area contributed by atoms with Crippen LogP contribution in [0.15, 0.2) is 0 Å². The summed E-state index contributed by atoms with van der Waals surface area (Å²) in [6.45, 7) is 6.32. The third kappa shape index (κ3) is 2.69. The molecule has 3 heteroatoms. The zero-order chi connectivity index (χ0) is 11.6. The lowest BCUT2D eigenvalue weighted by atomic mass is 9.99. The summed E-state index contributed by atoms with van der Waals surface area (Å²) in [5.41, 5.74) is 0.0696. The van der Waals surface area contributed by atoms with E-state index in [1.54, 1.807) is 0 Å². The van der Waals surface area contributed by atoms with E-state index in [-0.39, 0.29) is 11.6 Å². The van der Waals surface area contributed by atoms with Crippen LogP contribution in [0.5, 0.6) is 0 Å². The first-order valence-electron chi connectivity index (χ1n) is 6.66. The van der Waals surface area contributed by atoms with E-state index >= 15 is 0 Å². The fraction of sp³-hybridized carbons (Fsp3) is 0.923. The molecule has 1 aliphatic heterocycles. The number of piperidine rings is 1. The van der Waals surface area contributed by atoms with Gasteiger partial charge in [0.15, 0.2) is 0 Å². The zero-order valence-corrected chi connectivity index (χ0v) is 10.6. The van der Waals surface area contributed by atoms with Gasteiger partial charge >= 0.3 is 6.03 Å². The van der Waals surface area contributed by atoms with Crippen molar-refractivity contribution >= 4 is 6.03 Å². The van der Waals surface area contributed by atoms with Gasteiger partial charge in [-0.1, -0.05) is 19.8 Å². The number of urea groups is 1. The van der Waals surface area contributed by atoms with Crippen LogP contribution in [0.25, 0.3) is 0 Å². The number of carbonyl (C=O) groups excluding carboxylic acids is 1. The minimum Gasteiger partial charge on any atom is -0.333 e. The summed E-state index contributed by atoms with van der Waals surface area (Å²) >= 11 is 0. The molecule has 1 saturated heterocycles. The molecule has 92 valence electrons. The third-order valence-electron chi connectivity index (χ3n) is 4.19. The van der Waals surface area contributed by atoms with Gasteiger partial charge in [0.2, 0.25) is 0 Å². The van der Waals surface area contributed by atoms with E-state index in [1.807, 2.05) is 4.90 Å². The number of amides is 2. The minimum atomic E-state index is 0.0696. The van der Waals surface area contributed by atoms with Crippen molar-refractivity contribution in [1.82, 2.24) is 10.2 Å². The molecular formula is C13H24N2O. The summed E-state index contributed by atoms with van der Waals surface area (Å²) in [5.74, 6) is 0.783. The first kappa shape index (κ1) is 11.7. The number of carbonyl (C=O) groups is 1. The van der Waals surface area contributed by atoms with Crippen molar-refractivity contribution < 1.29 is 4.79 Å². The Bertz CT molecular complexity index is 251. The molecule has 0 aromatic carbocycles. The van der Waals surface area contributed by atoms with Crippen LogP contribution in [-0.2, 0) is 0 Å². The smallest absolute Gasteiger partial charge is 0.317 e. The molecule has 1 aliphatic carbocycles. The van der Waals surface area contributed by atoms with E-state index in [0.717, 1.165) is 44.7 Å². The van der Waals surface area contributed by atoms with Gasteiger partial charge in [-0.3, -0.25) is 0 Å². The number of rotatable bonds is 1. The zero-order valence-electron chi connectivity index (χ0n) is 10.6. The van der Waals surface area contributed by atoms with Crippen molar-refractivity contribution in [2.24, 2.45) is 5.92 Å². The predicted octanol–water partition coefficient (Wildman–Crippen LogP) is 2.76. The molecule has 3 nitrogen and oxygen atoms in total. The van der Waals surface area contributed by atoms with Crippen LogP contribution < -0.4 is 5.32 Å². The number of hydrogen-bond donors (Lipinski definition) is 1. The van der Waals surface area contributed by atoms with Gasteiger partial charge in [-0.25, -0.2) is 4.79 Å². The largest absolute Gasteiger partial charge is 0.333 e. The number of hydrogen-bond acceptors (Lipinski definition) is 1. The van der Waals surface area contributed by atoms with Crippen molar-refractivity contribution in [1.29, 1.82) is 0 Å². The SMILES string of the molecule is CC1CCN(C(=O)NC2(C)CCCC2)CC1. The maximum absolute atomic E-state index is 12.1. The molecule has 0 spiro atoms. The van der Waals surface area contributed by atoms with Crippen LogP contribution in [0, 0.1) is 5.92 Å². The first-order valence-corrected chi connectivity index (χ1v) is 6.66. The van der Waals surface area contributed by atoms with E-state index < -0.39 is 0 Å². The van der Waals surface area contributed by atoms with E-state index in [9.17, 15) is 4.79 Å². The predicted molar refractivity (Wildman–Crippen MR) is 65.4 cm³/mol. The van der Waals surface area contributed by atoms with Gasteiger partial charge in [0.1, 0.15) is 0 Å². The monoisotopic (exact) mass is 224 g/mol. The molecule has 0 radical (unpaired) electrons.